The van der Waals surface area contributed by atoms with Crippen molar-refractivity contribution >= 4 is 15.9 Å². The number of H-pyrrole nitrogens is 1. The Morgan fingerprint density at radius 1 is 1.24 bits per heavy atom. The Labute approximate surface area is 109 Å². The summed E-state index contributed by atoms with van der Waals surface area (Å²) in [7, 11) is 0. The van der Waals surface area contributed by atoms with Gasteiger partial charge in [0.25, 0.3) is 0 Å². The van der Waals surface area contributed by atoms with Gasteiger partial charge in [-0.3, -0.25) is 0 Å². The number of aryl methyl sites for hydroxylation is 1. The minimum absolute atomic E-state index is 0.677. The van der Waals surface area contributed by atoms with Gasteiger partial charge >= 0.3 is 0 Å². The molecule has 0 saturated heterocycles. The molecule has 0 radical (unpaired) electrons. The highest BCUT2D eigenvalue weighted by Crippen LogP contribution is 2.11. The van der Waals surface area contributed by atoms with Gasteiger partial charge in [0.15, 0.2) is 0 Å². The van der Waals surface area contributed by atoms with E-state index >= 15 is 0 Å². The Kier molecular flexibility index (Phi) is 4.76. The highest BCUT2D eigenvalue weighted by molar-refractivity contribution is 9.10. The van der Waals surface area contributed by atoms with E-state index in [-0.39, 0.29) is 0 Å². The number of benzene rings is 1. The molecule has 4 heteroatoms. The van der Waals surface area contributed by atoms with Crippen LogP contribution < -0.4 is 0 Å². The second kappa shape index (κ2) is 6.57. The molecule has 0 aliphatic heterocycles. The second-order valence-electron chi connectivity index (χ2n) is 3.86. The maximum Gasteiger partial charge on any atom is 0.0921 e. The molecule has 0 fully saturated rings. The van der Waals surface area contributed by atoms with Crippen LogP contribution in [-0.4, -0.2) is 16.6 Å². The highest BCUT2D eigenvalue weighted by atomic mass is 79.9. The number of imidazole rings is 1. The molecular formula is C13H15BrN2O. The second-order valence-corrected chi connectivity index (χ2v) is 4.78. The number of nitrogens with one attached hydrogen (secondary N) is 1. The zero-order chi connectivity index (χ0) is 11.9. The fourth-order valence-electron chi connectivity index (χ4n) is 1.56. The van der Waals surface area contributed by atoms with Crippen LogP contribution in [0.2, 0.25) is 0 Å². The van der Waals surface area contributed by atoms with Crippen LogP contribution >= 0.6 is 15.9 Å². The summed E-state index contributed by atoms with van der Waals surface area (Å²) >= 11 is 3.41. The molecule has 0 aliphatic carbocycles. The summed E-state index contributed by atoms with van der Waals surface area (Å²) in [5, 5.41) is 0. The molecule has 2 rings (SSSR count). The molecule has 1 aromatic carbocycles. The predicted octanol–water partition coefficient (Wildman–Crippen LogP) is 3.32. The third kappa shape index (κ3) is 4.32. The number of aromatic nitrogens is 2. The SMILES string of the molecule is Brc1ccc(COCCCc2cnc[nH]2)cc1. The number of halogens is 1. The molecule has 3 nitrogen and oxygen atoms in total. The van der Waals surface area contributed by atoms with Crippen LogP contribution in [0.3, 0.4) is 0 Å². The Morgan fingerprint density at radius 2 is 2.06 bits per heavy atom. The molecule has 2 aromatic rings. The minimum atomic E-state index is 0.677. The lowest BCUT2D eigenvalue weighted by molar-refractivity contribution is 0.118. The summed E-state index contributed by atoms with van der Waals surface area (Å²) in [6, 6.07) is 8.20. The molecule has 0 amide bonds. The van der Waals surface area contributed by atoms with E-state index < -0.39 is 0 Å². The van der Waals surface area contributed by atoms with Crippen LogP contribution in [0.25, 0.3) is 0 Å². The van der Waals surface area contributed by atoms with Crippen LogP contribution in [0.4, 0.5) is 0 Å². The summed E-state index contributed by atoms with van der Waals surface area (Å²) < 4.78 is 6.71. The van der Waals surface area contributed by atoms with Crippen molar-refractivity contribution in [3.63, 3.8) is 0 Å². The number of nitrogens with zero attached hydrogens (tertiary/aromatic N) is 1. The van der Waals surface area contributed by atoms with Gasteiger partial charge in [-0.25, -0.2) is 4.98 Å². The standard InChI is InChI=1S/C13H15BrN2O/c14-12-5-3-11(4-6-12)9-17-7-1-2-13-8-15-10-16-13/h3-6,8,10H,1-2,7,9H2,(H,15,16). The van der Waals surface area contributed by atoms with Gasteiger partial charge in [0.2, 0.25) is 0 Å². The molecule has 0 unspecified atom stereocenters. The average Bonchev–Trinajstić information content (AvgIpc) is 2.84. The predicted molar refractivity (Wildman–Crippen MR) is 70.7 cm³/mol. The highest BCUT2D eigenvalue weighted by Gasteiger charge is 1.96. The molecule has 0 saturated carbocycles. The van der Waals surface area contributed by atoms with Gasteiger partial charge in [-0.15, -0.1) is 0 Å². The van der Waals surface area contributed by atoms with Gasteiger partial charge in [-0.05, 0) is 30.5 Å². The monoisotopic (exact) mass is 294 g/mol. The lowest BCUT2D eigenvalue weighted by Crippen LogP contribution is -1.97. The Hall–Kier alpha value is -1.13. The van der Waals surface area contributed by atoms with Gasteiger partial charge in [-0.2, -0.15) is 0 Å². The third-order valence-electron chi connectivity index (χ3n) is 2.47. The van der Waals surface area contributed by atoms with E-state index in [1.807, 2.05) is 18.3 Å². The first-order valence-corrected chi connectivity index (χ1v) is 6.43. The summed E-state index contributed by atoms with van der Waals surface area (Å²) in [5.74, 6) is 0. The van der Waals surface area contributed by atoms with Gasteiger partial charge in [0.1, 0.15) is 0 Å². The quantitative estimate of drug-likeness (QED) is 0.830. The van der Waals surface area contributed by atoms with Gasteiger partial charge in [0, 0.05) is 23.0 Å². The number of hydrogen-bond donors (Lipinski definition) is 1. The molecule has 17 heavy (non-hydrogen) atoms. The average molecular weight is 295 g/mol. The Morgan fingerprint density at radius 3 is 2.76 bits per heavy atom. The largest absolute Gasteiger partial charge is 0.377 e. The van der Waals surface area contributed by atoms with E-state index in [0.717, 1.165) is 29.6 Å². The fraction of sp³-hybridized carbons (Fsp3) is 0.308. The van der Waals surface area contributed by atoms with Gasteiger partial charge in [0.05, 0.1) is 12.9 Å². The molecular weight excluding hydrogens is 280 g/mol. The smallest absolute Gasteiger partial charge is 0.0921 e. The molecule has 0 aliphatic rings. The summed E-state index contributed by atoms with van der Waals surface area (Å²) in [4.78, 5) is 7.06. The first-order chi connectivity index (χ1) is 8.34. The lowest BCUT2D eigenvalue weighted by Gasteiger charge is -2.04. The van der Waals surface area contributed by atoms with E-state index in [0.29, 0.717) is 6.61 Å². The van der Waals surface area contributed by atoms with Crippen LogP contribution in [0.5, 0.6) is 0 Å². The van der Waals surface area contributed by atoms with Crippen molar-refractivity contribution in [2.45, 2.75) is 19.4 Å². The number of rotatable bonds is 6. The van der Waals surface area contributed by atoms with Crippen molar-refractivity contribution in [1.82, 2.24) is 9.97 Å². The van der Waals surface area contributed by atoms with E-state index in [1.54, 1.807) is 6.33 Å². The van der Waals surface area contributed by atoms with Crippen LogP contribution in [0.1, 0.15) is 17.7 Å². The number of ether oxygens (including phenoxy) is 1. The zero-order valence-corrected chi connectivity index (χ0v) is 11.1. The third-order valence-corrected chi connectivity index (χ3v) is 3.00. The van der Waals surface area contributed by atoms with Crippen molar-refractivity contribution in [1.29, 1.82) is 0 Å². The Bertz CT molecular complexity index is 425. The molecule has 1 N–H and O–H groups in total. The first kappa shape index (κ1) is 12.3. The normalized spacial score (nSPS) is 10.6. The van der Waals surface area contributed by atoms with Gasteiger partial charge < -0.3 is 9.72 Å². The van der Waals surface area contributed by atoms with Gasteiger partial charge in [-0.1, -0.05) is 28.1 Å². The fourth-order valence-corrected chi connectivity index (χ4v) is 1.82. The van der Waals surface area contributed by atoms with E-state index in [2.05, 4.69) is 38.0 Å². The molecule has 1 heterocycles. The summed E-state index contributed by atoms with van der Waals surface area (Å²) in [6.45, 7) is 1.45. The van der Waals surface area contributed by atoms with Crippen molar-refractivity contribution in [2.24, 2.45) is 0 Å². The molecule has 0 atom stereocenters. The van der Waals surface area contributed by atoms with Crippen LogP contribution in [0, 0.1) is 0 Å². The van der Waals surface area contributed by atoms with Crippen molar-refractivity contribution < 1.29 is 4.74 Å². The van der Waals surface area contributed by atoms with Crippen molar-refractivity contribution in [3.8, 4) is 0 Å². The van der Waals surface area contributed by atoms with Crippen LogP contribution in [-0.2, 0) is 17.8 Å². The van der Waals surface area contributed by atoms with E-state index in [9.17, 15) is 0 Å². The molecule has 0 bridgehead atoms. The van der Waals surface area contributed by atoms with E-state index in [4.69, 9.17) is 4.74 Å². The molecule has 0 spiro atoms. The zero-order valence-electron chi connectivity index (χ0n) is 9.53. The van der Waals surface area contributed by atoms with Crippen LogP contribution in [0.15, 0.2) is 41.3 Å². The molecule has 90 valence electrons. The van der Waals surface area contributed by atoms with Crippen molar-refractivity contribution in [2.75, 3.05) is 6.61 Å². The summed E-state index contributed by atoms with van der Waals surface area (Å²) in [6.07, 6.45) is 5.56. The molecule has 1 aromatic heterocycles. The maximum absolute atomic E-state index is 5.61. The topological polar surface area (TPSA) is 37.9 Å². The Balaban J connectivity index is 1.61. The van der Waals surface area contributed by atoms with E-state index in [1.165, 1.54) is 5.56 Å². The number of hydrogen-bond acceptors (Lipinski definition) is 2. The lowest BCUT2D eigenvalue weighted by atomic mass is 10.2. The minimum Gasteiger partial charge on any atom is -0.377 e. The number of aromatic amines is 1. The summed E-state index contributed by atoms with van der Waals surface area (Å²) in [5.41, 5.74) is 2.37. The maximum atomic E-state index is 5.61. The van der Waals surface area contributed by atoms with Crippen molar-refractivity contribution in [3.05, 3.63) is 52.5 Å². The first-order valence-electron chi connectivity index (χ1n) is 5.64.